The number of ether oxygens (including phenoxy) is 1. The number of nitrogens with zero attached hydrogens (tertiary/aromatic N) is 1. The van der Waals surface area contributed by atoms with E-state index in [1.54, 1.807) is 0 Å². The van der Waals surface area contributed by atoms with Crippen LogP contribution in [0.25, 0.3) is 0 Å². The molecule has 3 nitrogen and oxygen atoms in total. The summed E-state index contributed by atoms with van der Waals surface area (Å²) >= 11 is 0. The molecule has 16 heavy (non-hydrogen) atoms. The van der Waals surface area contributed by atoms with E-state index in [0.717, 1.165) is 32.8 Å². The summed E-state index contributed by atoms with van der Waals surface area (Å²) in [6, 6.07) is 9.27. The molecule has 0 radical (unpaired) electrons. The van der Waals surface area contributed by atoms with Crippen molar-refractivity contribution in [2.45, 2.75) is 12.5 Å². The molecule has 0 saturated carbocycles. The van der Waals surface area contributed by atoms with Gasteiger partial charge in [-0.1, -0.05) is 18.2 Å². The van der Waals surface area contributed by atoms with E-state index in [1.807, 2.05) is 0 Å². The average molecular weight is 218 g/mol. The van der Waals surface area contributed by atoms with Gasteiger partial charge in [-0.15, -0.1) is 0 Å². The maximum absolute atomic E-state index is 5.40. The molecule has 0 aliphatic carbocycles. The Hall–Kier alpha value is -1.06. The predicted molar refractivity (Wildman–Crippen MR) is 64.8 cm³/mol. The van der Waals surface area contributed by atoms with E-state index < -0.39 is 0 Å². The number of hydrogen-bond donors (Lipinski definition) is 1. The maximum atomic E-state index is 5.40. The Bertz CT molecular complexity index is 361. The van der Waals surface area contributed by atoms with Crippen LogP contribution in [0, 0.1) is 0 Å². The fourth-order valence-corrected chi connectivity index (χ4v) is 2.63. The van der Waals surface area contributed by atoms with Crippen LogP contribution in [0.1, 0.15) is 5.56 Å². The van der Waals surface area contributed by atoms with Gasteiger partial charge < -0.3 is 10.1 Å². The minimum atomic E-state index is 0.638. The van der Waals surface area contributed by atoms with E-state index in [2.05, 4.69) is 34.5 Å². The van der Waals surface area contributed by atoms with Gasteiger partial charge in [0, 0.05) is 31.4 Å². The number of hydrogen-bond acceptors (Lipinski definition) is 3. The second-order valence-electron chi connectivity index (χ2n) is 4.54. The zero-order valence-corrected chi connectivity index (χ0v) is 9.48. The summed E-state index contributed by atoms with van der Waals surface area (Å²) in [6.45, 7) is 5.00. The quantitative estimate of drug-likeness (QED) is 0.770. The van der Waals surface area contributed by atoms with Gasteiger partial charge in [-0.05, 0) is 18.1 Å². The molecule has 1 aromatic rings. The minimum absolute atomic E-state index is 0.638. The van der Waals surface area contributed by atoms with Crippen LogP contribution in [0.3, 0.4) is 0 Å². The highest BCUT2D eigenvalue weighted by atomic mass is 16.5. The monoisotopic (exact) mass is 218 g/mol. The normalized spacial score (nSPS) is 25.9. The fraction of sp³-hybridized carbons (Fsp3) is 0.538. The summed E-state index contributed by atoms with van der Waals surface area (Å²) in [7, 11) is 0. The van der Waals surface area contributed by atoms with E-state index in [4.69, 9.17) is 4.74 Å². The molecule has 1 saturated heterocycles. The number of nitrogens with one attached hydrogen (secondary N) is 1. The SMILES string of the molecule is c1ccc2c(c1)CC(N1CCOCC1)CN2. The molecule has 86 valence electrons. The highest BCUT2D eigenvalue weighted by molar-refractivity contribution is 5.53. The lowest BCUT2D eigenvalue weighted by molar-refractivity contribution is 0.0187. The van der Waals surface area contributed by atoms with Crippen molar-refractivity contribution in [1.82, 2.24) is 4.90 Å². The van der Waals surface area contributed by atoms with Gasteiger partial charge in [0.2, 0.25) is 0 Å². The highest BCUT2D eigenvalue weighted by Crippen LogP contribution is 2.23. The van der Waals surface area contributed by atoms with Gasteiger partial charge in [-0.25, -0.2) is 0 Å². The van der Waals surface area contributed by atoms with Crippen LogP contribution in [0.4, 0.5) is 5.69 Å². The van der Waals surface area contributed by atoms with Gasteiger partial charge in [-0.3, -0.25) is 4.90 Å². The summed E-state index contributed by atoms with van der Waals surface area (Å²) in [5.41, 5.74) is 2.76. The average Bonchev–Trinajstić information content (AvgIpc) is 2.39. The van der Waals surface area contributed by atoms with E-state index in [9.17, 15) is 0 Å². The van der Waals surface area contributed by atoms with Gasteiger partial charge in [0.1, 0.15) is 0 Å². The molecular weight excluding hydrogens is 200 g/mol. The lowest BCUT2D eigenvalue weighted by atomic mass is 9.98. The second kappa shape index (κ2) is 4.44. The van der Waals surface area contributed by atoms with Crippen LogP contribution < -0.4 is 5.32 Å². The van der Waals surface area contributed by atoms with Crippen molar-refractivity contribution in [2.75, 3.05) is 38.2 Å². The van der Waals surface area contributed by atoms with E-state index >= 15 is 0 Å². The van der Waals surface area contributed by atoms with E-state index in [1.165, 1.54) is 17.7 Å². The first-order chi connectivity index (χ1) is 7.93. The van der Waals surface area contributed by atoms with Crippen molar-refractivity contribution >= 4 is 5.69 Å². The molecule has 0 aromatic heterocycles. The molecule has 2 heterocycles. The number of rotatable bonds is 1. The van der Waals surface area contributed by atoms with Crippen molar-refractivity contribution in [3.05, 3.63) is 29.8 Å². The number of para-hydroxylation sites is 1. The van der Waals surface area contributed by atoms with Crippen molar-refractivity contribution in [2.24, 2.45) is 0 Å². The number of morpholine rings is 1. The largest absolute Gasteiger partial charge is 0.383 e. The topological polar surface area (TPSA) is 24.5 Å². The lowest BCUT2D eigenvalue weighted by Crippen LogP contribution is -2.49. The Kier molecular flexibility index (Phi) is 2.80. The Labute approximate surface area is 96.4 Å². The van der Waals surface area contributed by atoms with Crippen LogP contribution >= 0.6 is 0 Å². The molecular formula is C13H18N2O. The Morgan fingerprint density at radius 2 is 2.00 bits per heavy atom. The molecule has 1 atom stereocenters. The van der Waals surface area contributed by atoms with E-state index in [0.29, 0.717) is 6.04 Å². The van der Waals surface area contributed by atoms with Crippen LogP contribution in [0.2, 0.25) is 0 Å². The Morgan fingerprint density at radius 3 is 2.88 bits per heavy atom. The molecule has 2 aliphatic heterocycles. The molecule has 0 amide bonds. The first-order valence-corrected chi connectivity index (χ1v) is 6.07. The lowest BCUT2D eigenvalue weighted by Gasteiger charge is -2.37. The molecule has 1 fully saturated rings. The van der Waals surface area contributed by atoms with Crippen LogP contribution in [0.5, 0.6) is 0 Å². The molecule has 3 rings (SSSR count). The zero-order chi connectivity index (χ0) is 10.8. The second-order valence-corrected chi connectivity index (χ2v) is 4.54. The number of anilines is 1. The third-order valence-corrected chi connectivity index (χ3v) is 3.56. The molecule has 1 unspecified atom stereocenters. The summed E-state index contributed by atoms with van der Waals surface area (Å²) in [5, 5.41) is 3.53. The van der Waals surface area contributed by atoms with Crippen molar-refractivity contribution < 1.29 is 4.74 Å². The minimum Gasteiger partial charge on any atom is -0.383 e. The summed E-state index contributed by atoms with van der Waals surface area (Å²) in [5.74, 6) is 0. The van der Waals surface area contributed by atoms with Crippen molar-refractivity contribution in [3.63, 3.8) is 0 Å². The highest BCUT2D eigenvalue weighted by Gasteiger charge is 2.24. The molecule has 3 heteroatoms. The Balaban J connectivity index is 1.72. The van der Waals surface area contributed by atoms with Crippen LogP contribution in [-0.4, -0.2) is 43.8 Å². The van der Waals surface area contributed by atoms with E-state index in [-0.39, 0.29) is 0 Å². The van der Waals surface area contributed by atoms with Gasteiger partial charge in [0.25, 0.3) is 0 Å². The molecule has 1 N–H and O–H groups in total. The number of benzene rings is 1. The first kappa shape index (κ1) is 10.1. The summed E-state index contributed by atoms with van der Waals surface area (Å²) in [4.78, 5) is 2.55. The number of fused-ring (bicyclic) bond motifs is 1. The van der Waals surface area contributed by atoms with Crippen LogP contribution in [-0.2, 0) is 11.2 Å². The third kappa shape index (κ3) is 1.93. The standard InChI is InChI=1S/C13H18N2O/c1-2-4-13-11(3-1)9-12(10-14-13)15-5-7-16-8-6-15/h1-4,12,14H,5-10H2. The zero-order valence-electron chi connectivity index (χ0n) is 9.48. The summed E-state index contributed by atoms with van der Waals surface area (Å²) in [6.07, 6.45) is 1.17. The molecule has 1 aromatic carbocycles. The van der Waals surface area contributed by atoms with Gasteiger partial charge in [0.15, 0.2) is 0 Å². The van der Waals surface area contributed by atoms with Crippen molar-refractivity contribution in [1.29, 1.82) is 0 Å². The van der Waals surface area contributed by atoms with Gasteiger partial charge in [0.05, 0.1) is 13.2 Å². The molecule has 0 spiro atoms. The maximum Gasteiger partial charge on any atom is 0.0594 e. The third-order valence-electron chi connectivity index (χ3n) is 3.56. The Morgan fingerprint density at radius 1 is 1.19 bits per heavy atom. The van der Waals surface area contributed by atoms with Gasteiger partial charge in [-0.2, -0.15) is 0 Å². The summed E-state index contributed by atoms with van der Waals surface area (Å²) < 4.78 is 5.40. The fourth-order valence-electron chi connectivity index (χ4n) is 2.63. The van der Waals surface area contributed by atoms with Crippen molar-refractivity contribution in [3.8, 4) is 0 Å². The van der Waals surface area contributed by atoms with Gasteiger partial charge >= 0.3 is 0 Å². The first-order valence-electron chi connectivity index (χ1n) is 6.07. The smallest absolute Gasteiger partial charge is 0.0594 e. The predicted octanol–water partition coefficient (Wildman–Crippen LogP) is 1.36. The van der Waals surface area contributed by atoms with Crippen LogP contribution in [0.15, 0.2) is 24.3 Å². The molecule has 2 aliphatic rings. The molecule has 0 bridgehead atoms.